The first kappa shape index (κ1) is 15.0. The Morgan fingerprint density at radius 3 is 2.63 bits per heavy atom. The lowest BCUT2D eigenvalue weighted by Gasteiger charge is -2.09. The zero-order valence-corrected chi connectivity index (χ0v) is 11.5. The summed E-state index contributed by atoms with van der Waals surface area (Å²) in [6.45, 7) is 4.56. The van der Waals surface area contributed by atoms with E-state index in [1.54, 1.807) is 25.1 Å². The number of nitrogens with two attached hydrogens (primary N) is 1. The minimum atomic E-state index is -0.496. The van der Waals surface area contributed by atoms with Crippen molar-refractivity contribution < 1.29 is 9.59 Å². The van der Waals surface area contributed by atoms with E-state index in [0.29, 0.717) is 17.8 Å². The number of aryl methyl sites for hydroxylation is 1. The van der Waals surface area contributed by atoms with Crippen LogP contribution in [0.15, 0.2) is 18.2 Å². The molecule has 0 bridgehead atoms. The molecule has 0 fully saturated rings. The van der Waals surface area contributed by atoms with E-state index in [9.17, 15) is 9.59 Å². The number of amides is 3. The molecule has 4 N–H and O–H groups in total. The molecule has 1 aromatic rings. The summed E-state index contributed by atoms with van der Waals surface area (Å²) in [7, 11) is 0. The number of anilines is 1. The Hall–Kier alpha value is -2.04. The predicted octanol–water partition coefficient (Wildman–Crippen LogP) is 2.41. The first-order valence-electron chi connectivity index (χ1n) is 6.50. The summed E-state index contributed by atoms with van der Waals surface area (Å²) in [5.74, 6) is -0.496. The Kier molecular flexibility index (Phi) is 5.85. The van der Waals surface area contributed by atoms with Crippen LogP contribution in [0.25, 0.3) is 0 Å². The minimum Gasteiger partial charge on any atom is -0.366 e. The van der Waals surface area contributed by atoms with Crippen LogP contribution in [0.3, 0.4) is 0 Å². The molecule has 5 nitrogen and oxygen atoms in total. The van der Waals surface area contributed by atoms with Gasteiger partial charge in [0.1, 0.15) is 0 Å². The van der Waals surface area contributed by atoms with E-state index in [1.165, 1.54) is 0 Å². The Bertz CT molecular complexity index is 458. The molecule has 0 unspecified atom stereocenters. The topological polar surface area (TPSA) is 84.2 Å². The number of nitrogens with one attached hydrogen (secondary N) is 2. The molecule has 0 saturated heterocycles. The number of urea groups is 1. The maximum atomic E-state index is 11.6. The third-order valence-electron chi connectivity index (χ3n) is 2.83. The molecule has 1 aromatic carbocycles. The first-order valence-corrected chi connectivity index (χ1v) is 6.50. The Morgan fingerprint density at radius 2 is 2.00 bits per heavy atom. The van der Waals surface area contributed by atoms with Crippen molar-refractivity contribution in [3.8, 4) is 0 Å². The molecule has 104 valence electrons. The van der Waals surface area contributed by atoms with Gasteiger partial charge >= 0.3 is 6.03 Å². The summed E-state index contributed by atoms with van der Waals surface area (Å²) in [6.07, 6.45) is 3.17. The van der Waals surface area contributed by atoms with E-state index in [-0.39, 0.29) is 6.03 Å². The van der Waals surface area contributed by atoms with Crippen molar-refractivity contribution in [3.05, 3.63) is 29.3 Å². The molecule has 0 radical (unpaired) electrons. The fourth-order valence-electron chi connectivity index (χ4n) is 1.72. The molecular formula is C14H21N3O2. The first-order chi connectivity index (χ1) is 9.04. The molecule has 19 heavy (non-hydrogen) atoms. The molecule has 0 aromatic heterocycles. The molecule has 3 amide bonds. The number of hydrogen-bond donors (Lipinski definition) is 3. The lowest BCUT2D eigenvalue weighted by atomic mass is 10.1. The number of carbonyl (C=O) groups is 2. The average Bonchev–Trinajstić information content (AvgIpc) is 2.36. The molecule has 0 heterocycles. The van der Waals surface area contributed by atoms with E-state index >= 15 is 0 Å². The van der Waals surface area contributed by atoms with Crippen LogP contribution in [0.4, 0.5) is 10.5 Å². The van der Waals surface area contributed by atoms with Crippen molar-refractivity contribution in [1.29, 1.82) is 0 Å². The fraction of sp³-hybridized carbons (Fsp3) is 0.429. The predicted molar refractivity (Wildman–Crippen MR) is 76.2 cm³/mol. The van der Waals surface area contributed by atoms with Crippen molar-refractivity contribution in [2.45, 2.75) is 33.1 Å². The summed E-state index contributed by atoms with van der Waals surface area (Å²) in [6, 6.07) is 4.82. The molecule has 1 rings (SSSR count). The van der Waals surface area contributed by atoms with Gasteiger partial charge in [0.25, 0.3) is 0 Å². The zero-order valence-electron chi connectivity index (χ0n) is 11.5. The maximum Gasteiger partial charge on any atom is 0.319 e. The van der Waals surface area contributed by atoms with Gasteiger partial charge in [-0.3, -0.25) is 4.79 Å². The van der Waals surface area contributed by atoms with E-state index in [2.05, 4.69) is 17.6 Å². The summed E-state index contributed by atoms with van der Waals surface area (Å²) in [5, 5.41) is 5.45. The van der Waals surface area contributed by atoms with Gasteiger partial charge in [-0.1, -0.05) is 25.8 Å². The van der Waals surface area contributed by atoms with Crippen molar-refractivity contribution in [3.63, 3.8) is 0 Å². The molecular weight excluding hydrogens is 242 g/mol. The maximum absolute atomic E-state index is 11.6. The van der Waals surface area contributed by atoms with Gasteiger partial charge in [-0.05, 0) is 31.0 Å². The Labute approximate surface area is 113 Å². The second-order valence-electron chi connectivity index (χ2n) is 4.48. The third-order valence-corrected chi connectivity index (χ3v) is 2.83. The van der Waals surface area contributed by atoms with Gasteiger partial charge < -0.3 is 16.4 Å². The SMILES string of the molecule is CCCCCNC(=O)Nc1ccc(C)c(C(N)=O)c1. The van der Waals surface area contributed by atoms with Crippen LogP contribution in [0.2, 0.25) is 0 Å². The van der Waals surface area contributed by atoms with Crippen LogP contribution in [0.1, 0.15) is 42.1 Å². The summed E-state index contributed by atoms with van der Waals surface area (Å²) in [4.78, 5) is 22.8. The van der Waals surface area contributed by atoms with Crippen molar-refractivity contribution in [2.75, 3.05) is 11.9 Å². The van der Waals surface area contributed by atoms with E-state index < -0.39 is 5.91 Å². The van der Waals surface area contributed by atoms with Gasteiger partial charge in [0.2, 0.25) is 5.91 Å². The average molecular weight is 263 g/mol. The highest BCUT2D eigenvalue weighted by atomic mass is 16.2. The quantitative estimate of drug-likeness (QED) is 0.688. The number of rotatable bonds is 6. The van der Waals surface area contributed by atoms with Crippen LogP contribution >= 0.6 is 0 Å². The van der Waals surface area contributed by atoms with E-state index in [0.717, 1.165) is 24.8 Å². The smallest absolute Gasteiger partial charge is 0.319 e. The van der Waals surface area contributed by atoms with Crippen LogP contribution in [-0.2, 0) is 0 Å². The van der Waals surface area contributed by atoms with Crippen LogP contribution in [0, 0.1) is 6.92 Å². The number of benzene rings is 1. The van der Waals surface area contributed by atoms with Gasteiger partial charge in [-0.2, -0.15) is 0 Å². The minimum absolute atomic E-state index is 0.268. The largest absolute Gasteiger partial charge is 0.366 e. The van der Waals surface area contributed by atoms with Crippen LogP contribution < -0.4 is 16.4 Å². The molecule has 5 heteroatoms. The second-order valence-corrected chi connectivity index (χ2v) is 4.48. The molecule has 0 saturated carbocycles. The fourth-order valence-corrected chi connectivity index (χ4v) is 1.72. The highest BCUT2D eigenvalue weighted by Gasteiger charge is 2.07. The molecule has 0 aliphatic heterocycles. The summed E-state index contributed by atoms with van der Waals surface area (Å²) >= 11 is 0. The number of unbranched alkanes of at least 4 members (excludes halogenated alkanes) is 2. The summed E-state index contributed by atoms with van der Waals surface area (Å²) in [5.41, 5.74) is 7.04. The zero-order chi connectivity index (χ0) is 14.3. The number of hydrogen-bond acceptors (Lipinski definition) is 2. The van der Waals surface area contributed by atoms with Gasteiger partial charge in [0, 0.05) is 17.8 Å². The monoisotopic (exact) mass is 263 g/mol. The van der Waals surface area contributed by atoms with Crippen molar-refractivity contribution in [1.82, 2.24) is 5.32 Å². The normalized spacial score (nSPS) is 10.0. The van der Waals surface area contributed by atoms with Gasteiger partial charge in [-0.15, -0.1) is 0 Å². The van der Waals surface area contributed by atoms with Gasteiger partial charge in [0.05, 0.1) is 0 Å². The van der Waals surface area contributed by atoms with E-state index in [1.807, 2.05) is 0 Å². The lowest BCUT2D eigenvalue weighted by Crippen LogP contribution is -2.29. The molecule has 0 aliphatic rings. The summed E-state index contributed by atoms with van der Waals surface area (Å²) < 4.78 is 0. The number of carbonyl (C=O) groups excluding carboxylic acids is 2. The number of primary amides is 1. The van der Waals surface area contributed by atoms with Crippen molar-refractivity contribution in [2.24, 2.45) is 5.73 Å². The lowest BCUT2D eigenvalue weighted by molar-refractivity contribution is 0.0999. The Morgan fingerprint density at radius 1 is 1.26 bits per heavy atom. The molecule has 0 atom stereocenters. The highest BCUT2D eigenvalue weighted by Crippen LogP contribution is 2.14. The third kappa shape index (κ3) is 4.99. The van der Waals surface area contributed by atoms with Gasteiger partial charge in [-0.25, -0.2) is 4.79 Å². The molecule has 0 aliphatic carbocycles. The van der Waals surface area contributed by atoms with E-state index in [4.69, 9.17) is 5.73 Å². The second kappa shape index (κ2) is 7.41. The van der Waals surface area contributed by atoms with Gasteiger partial charge in [0.15, 0.2) is 0 Å². The Balaban J connectivity index is 2.55. The highest BCUT2D eigenvalue weighted by molar-refractivity contribution is 5.97. The molecule has 0 spiro atoms. The van der Waals surface area contributed by atoms with Crippen molar-refractivity contribution >= 4 is 17.6 Å². The van der Waals surface area contributed by atoms with Crippen LogP contribution in [0.5, 0.6) is 0 Å². The standard InChI is InChI=1S/C14H21N3O2/c1-3-4-5-8-16-14(19)17-11-7-6-10(2)12(9-11)13(15)18/h6-7,9H,3-5,8H2,1-2H3,(H2,15,18)(H2,16,17,19). The van der Waals surface area contributed by atoms with Crippen LogP contribution in [-0.4, -0.2) is 18.5 Å².